The lowest BCUT2D eigenvalue weighted by molar-refractivity contribution is -0.120. The van der Waals surface area contributed by atoms with Crippen LogP contribution >= 0.6 is 11.6 Å². The molecule has 0 aromatic heterocycles. The quantitative estimate of drug-likeness (QED) is 0.818. The van der Waals surface area contributed by atoms with Crippen molar-refractivity contribution in [2.75, 3.05) is 25.2 Å². The fraction of sp³-hybridized carbons (Fsp3) is 0.316. The number of amides is 1. The highest BCUT2D eigenvalue weighted by Gasteiger charge is 2.33. The van der Waals surface area contributed by atoms with Crippen LogP contribution in [0.3, 0.4) is 0 Å². The average Bonchev–Trinajstić information content (AvgIpc) is 3.16. The second-order valence-corrected chi connectivity index (χ2v) is 9.09. The molecule has 1 atom stereocenters. The van der Waals surface area contributed by atoms with Crippen molar-refractivity contribution in [3.63, 3.8) is 0 Å². The van der Waals surface area contributed by atoms with Crippen LogP contribution in [0.25, 0.3) is 0 Å². The first-order chi connectivity index (χ1) is 13.4. The highest BCUT2D eigenvalue weighted by atomic mass is 35.5. The van der Waals surface area contributed by atoms with Gasteiger partial charge in [0, 0.05) is 29.9 Å². The Morgan fingerprint density at radius 1 is 1.11 bits per heavy atom. The zero-order chi connectivity index (χ0) is 19.7. The Labute approximate surface area is 168 Å². The van der Waals surface area contributed by atoms with Gasteiger partial charge in [0.05, 0.1) is 10.8 Å². The molecule has 0 bridgehead atoms. The fourth-order valence-corrected chi connectivity index (χ4v) is 5.00. The van der Waals surface area contributed by atoms with E-state index in [0.717, 1.165) is 0 Å². The van der Waals surface area contributed by atoms with Gasteiger partial charge >= 0.3 is 0 Å². The van der Waals surface area contributed by atoms with Crippen molar-refractivity contribution >= 4 is 33.2 Å². The molecule has 2 heterocycles. The molecule has 0 aliphatic carbocycles. The third-order valence-corrected chi connectivity index (χ3v) is 6.98. The van der Waals surface area contributed by atoms with Crippen LogP contribution in [0.4, 0.5) is 5.69 Å². The van der Waals surface area contributed by atoms with E-state index in [4.69, 9.17) is 21.1 Å². The number of sulfonamides is 1. The Morgan fingerprint density at radius 2 is 1.86 bits per heavy atom. The molecule has 4 rings (SSSR count). The van der Waals surface area contributed by atoms with Gasteiger partial charge in [0.15, 0.2) is 11.5 Å². The number of carbonyl (C=O) groups is 1. The van der Waals surface area contributed by atoms with Crippen molar-refractivity contribution in [3.05, 3.63) is 47.5 Å². The van der Waals surface area contributed by atoms with Crippen LogP contribution in [0.2, 0.25) is 5.02 Å². The summed E-state index contributed by atoms with van der Waals surface area (Å²) in [6, 6.07) is 11.2. The van der Waals surface area contributed by atoms with Gasteiger partial charge in [0.2, 0.25) is 22.7 Å². The van der Waals surface area contributed by atoms with Gasteiger partial charge in [-0.3, -0.25) is 4.79 Å². The summed E-state index contributed by atoms with van der Waals surface area (Å²) < 4.78 is 37.7. The molecule has 1 saturated heterocycles. The van der Waals surface area contributed by atoms with Gasteiger partial charge < -0.3 is 14.8 Å². The van der Waals surface area contributed by atoms with Gasteiger partial charge in [-0.05, 0) is 49.2 Å². The zero-order valence-electron chi connectivity index (χ0n) is 14.9. The number of fused-ring (bicyclic) bond motifs is 1. The van der Waals surface area contributed by atoms with Gasteiger partial charge in [-0.2, -0.15) is 4.31 Å². The number of carbonyl (C=O) groups excluding carboxylic acids is 1. The zero-order valence-corrected chi connectivity index (χ0v) is 16.5. The molecule has 0 spiro atoms. The van der Waals surface area contributed by atoms with E-state index in [1.54, 1.807) is 30.3 Å². The summed E-state index contributed by atoms with van der Waals surface area (Å²) in [4.78, 5) is 12.9. The maximum Gasteiger partial charge on any atom is 0.243 e. The lowest BCUT2D eigenvalue weighted by Gasteiger charge is -2.31. The number of piperidine rings is 1. The Bertz CT molecular complexity index is 994. The maximum atomic E-state index is 12.9. The molecule has 2 aromatic rings. The highest BCUT2D eigenvalue weighted by Crippen LogP contribution is 2.34. The molecule has 1 amide bonds. The third kappa shape index (κ3) is 3.80. The summed E-state index contributed by atoms with van der Waals surface area (Å²) in [5, 5.41) is 3.32. The molecular weight excluding hydrogens is 404 g/mol. The van der Waals surface area contributed by atoms with Gasteiger partial charge in [0.1, 0.15) is 0 Å². The summed E-state index contributed by atoms with van der Waals surface area (Å²) in [5.41, 5.74) is 0.590. The smallest absolute Gasteiger partial charge is 0.243 e. The maximum absolute atomic E-state index is 12.9. The Morgan fingerprint density at radius 3 is 2.64 bits per heavy atom. The molecule has 0 saturated carbocycles. The van der Waals surface area contributed by atoms with Crippen LogP contribution < -0.4 is 14.8 Å². The molecule has 9 heteroatoms. The first kappa shape index (κ1) is 19.0. The molecular formula is C19H19ClN2O5S. The molecule has 2 aliphatic heterocycles. The number of rotatable bonds is 4. The van der Waals surface area contributed by atoms with Crippen molar-refractivity contribution in [1.82, 2.24) is 4.31 Å². The minimum Gasteiger partial charge on any atom is -0.454 e. The predicted octanol–water partition coefficient (Wildman–Crippen LogP) is 3.11. The normalized spacial score (nSPS) is 19.4. The molecule has 2 aromatic carbocycles. The van der Waals surface area contributed by atoms with E-state index in [1.165, 1.54) is 16.4 Å². The molecule has 7 nitrogen and oxygen atoms in total. The minimum atomic E-state index is -3.67. The Hall–Kier alpha value is -2.29. The first-order valence-corrected chi connectivity index (χ1v) is 10.7. The van der Waals surface area contributed by atoms with Crippen molar-refractivity contribution in [2.24, 2.45) is 5.92 Å². The Balaban J connectivity index is 1.45. The third-order valence-electron chi connectivity index (χ3n) is 4.85. The summed E-state index contributed by atoms with van der Waals surface area (Å²) in [6.45, 7) is 0.687. The largest absolute Gasteiger partial charge is 0.454 e. The van der Waals surface area contributed by atoms with Crippen molar-refractivity contribution < 1.29 is 22.7 Å². The summed E-state index contributed by atoms with van der Waals surface area (Å²) in [6.07, 6.45) is 1.25. The number of benzene rings is 2. The lowest BCUT2D eigenvalue weighted by Crippen LogP contribution is -2.43. The number of hydrogen-bond acceptors (Lipinski definition) is 5. The van der Waals surface area contributed by atoms with E-state index in [9.17, 15) is 13.2 Å². The molecule has 1 N–H and O–H groups in total. The molecule has 0 radical (unpaired) electrons. The predicted molar refractivity (Wildman–Crippen MR) is 104 cm³/mol. The highest BCUT2D eigenvalue weighted by molar-refractivity contribution is 7.89. The summed E-state index contributed by atoms with van der Waals surface area (Å²) in [7, 11) is -3.67. The number of ether oxygens (including phenoxy) is 2. The van der Waals surface area contributed by atoms with Crippen LogP contribution in [0.1, 0.15) is 12.8 Å². The van der Waals surface area contributed by atoms with Gasteiger partial charge in [-0.1, -0.05) is 11.6 Å². The van der Waals surface area contributed by atoms with Crippen LogP contribution in [0.5, 0.6) is 11.5 Å². The van der Waals surface area contributed by atoms with Crippen molar-refractivity contribution in [1.29, 1.82) is 0 Å². The number of nitrogens with zero attached hydrogens (tertiary/aromatic N) is 1. The molecule has 148 valence electrons. The summed E-state index contributed by atoms with van der Waals surface area (Å²) >= 11 is 5.85. The number of halogens is 1. The van der Waals surface area contributed by atoms with Crippen LogP contribution in [0, 0.1) is 5.92 Å². The average molecular weight is 423 g/mol. The monoisotopic (exact) mass is 422 g/mol. The van der Waals surface area contributed by atoms with Crippen molar-refractivity contribution in [3.8, 4) is 11.5 Å². The number of nitrogens with one attached hydrogen (secondary N) is 1. The van der Waals surface area contributed by atoms with E-state index in [2.05, 4.69) is 5.32 Å². The van der Waals surface area contributed by atoms with E-state index in [0.29, 0.717) is 41.6 Å². The van der Waals surface area contributed by atoms with Gasteiger partial charge in [-0.15, -0.1) is 0 Å². The van der Waals surface area contributed by atoms with Crippen molar-refractivity contribution in [2.45, 2.75) is 17.7 Å². The SMILES string of the molecule is O=C(Nc1ccc2c(c1)OCO2)C1CCCN(S(=O)(=O)c2ccc(Cl)cc2)C1. The number of hydrogen-bond donors (Lipinski definition) is 1. The lowest BCUT2D eigenvalue weighted by atomic mass is 9.98. The topological polar surface area (TPSA) is 84.9 Å². The molecule has 28 heavy (non-hydrogen) atoms. The van der Waals surface area contributed by atoms with Gasteiger partial charge in [0.25, 0.3) is 0 Å². The van der Waals surface area contributed by atoms with Crippen LogP contribution in [0.15, 0.2) is 47.4 Å². The first-order valence-electron chi connectivity index (χ1n) is 8.90. The number of anilines is 1. The minimum absolute atomic E-state index is 0.140. The van der Waals surface area contributed by atoms with E-state index >= 15 is 0 Å². The molecule has 1 fully saturated rings. The standard InChI is InChI=1S/C19H19ClN2O5S/c20-14-3-6-16(7-4-14)28(24,25)22-9-1-2-13(11-22)19(23)21-15-5-8-17-18(10-15)27-12-26-17/h3-8,10,13H,1-2,9,11-12H2,(H,21,23). The second kappa shape index (κ2) is 7.62. The van der Waals surface area contributed by atoms with Crippen LogP contribution in [-0.2, 0) is 14.8 Å². The Kier molecular flexibility index (Phi) is 5.18. The van der Waals surface area contributed by atoms with Gasteiger partial charge in [-0.25, -0.2) is 8.42 Å². The van der Waals surface area contributed by atoms with E-state index in [1.807, 2.05) is 0 Å². The fourth-order valence-electron chi connectivity index (χ4n) is 3.35. The van der Waals surface area contributed by atoms with E-state index in [-0.39, 0.29) is 24.1 Å². The molecule has 1 unspecified atom stereocenters. The summed E-state index contributed by atoms with van der Waals surface area (Å²) in [5.74, 6) is 0.570. The molecule has 2 aliphatic rings. The van der Waals surface area contributed by atoms with Crippen LogP contribution in [-0.4, -0.2) is 38.5 Å². The second-order valence-electron chi connectivity index (χ2n) is 6.71. The van der Waals surface area contributed by atoms with E-state index < -0.39 is 15.9 Å².